The van der Waals surface area contributed by atoms with Crippen molar-refractivity contribution in [2.24, 2.45) is 11.7 Å². The number of carbonyl (C=O) groups excluding carboxylic acids is 1. The molecule has 2 unspecified atom stereocenters. The van der Waals surface area contributed by atoms with Crippen LogP contribution in [0.2, 0.25) is 0 Å². The molecule has 0 saturated carbocycles. The van der Waals surface area contributed by atoms with E-state index in [2.05, 4.69) is 6.92 Å². The van der Waals surface area contributed by atoms with Gasteiger partial charge in [-0.3, -0.25) is 4.79 Å². The third-order valence-corrected chi connectivity index (χ3v) is 3.32. The number of rotatable bonds is 6. The first-order valence-electron chi connectivity index (χ1n) is 6.66. The Labute approximate surface area is 110 Å². The molecule has 0 aromatic heterocycles. The summed E-state index contributed by atoms with van der Waals surface area (Å²) in [5.74, 6) is 0.0987. The number of carbonyl (C=O) groups is 1. The number of hydrogen-bond donors (Lipinski definition) is 1. The van der Waals surface area contributed by atoms with Crippen molar-refractivity contribution in [2.75, 3.05) is 13.2 Å². The number of nitrogens with two attached hydrogens (primary N) is 1. The number of hydrogen-bond acceptors (Lipinski definition) is 3. The summed E-state index contributed by atoms with van der Waals surface area (Å²) in [4.78, 5) is 10.6. The second-order valence-corrected chi connectivity index (χ2v) is 4.79. The van der Waals surface area contributed by atoms with Crippen LogP contribution in [0, 0.1) is 5.92 Å². The zero-order valence-corrected chi connectivity index (χ0v) is 11.8. The lowest BCUT2D eigenvalue weighted by Gasteiger charge is -2.06. The Balaban J connectivity index is 0.000000318. The fraction of sp³-hybridized carbons (Fsp3) is 0.923. The summed E-state index contributed by atoms with van der Waals surface area (Å²) >= 11 is 5.34. The zero-order chi connectivity index (χ0) is 13.1. The first kappa shape index (κ1) is 16.9. The lowest BCUT2D eigenvalue weighted by atomic mass is 10.0. The van der Waals surface area contributed by atoms with E-state index in [4.69, 9.17) is 22.1 Å². The fourth-order valence-electron chi connectivity index (χ4n) is 1.76. The Bertz CT molecular complexity index is 194. The lowest BCUT2D eigenvalue weighted by molar-refractivity contribution is -0.115. The third kappa shape index (κ3) is 8.58. The Morgan fingerprint density at radius 1 is 1.53 bits per heavy atom. The minimum absolute atomic E-state index is 0.0987. The van der Waals surface area contributed by atoms with Crippen LogP contribution in [0.1, 0.15) is 52.4 Å². The number of halogens is 1. The highest BCUT2D eigenvalue weighted by Gasteiger charge is 2.12. The van der Waals surface area contributed by atoms with Crippen molar-refractivity contribution in [3.8, 4) is 0 Å². The topological polar surface area (TPSA) is 52.3 Å². The van der Waals surface area contributed by atoms with Crippen molar-refractivity contribution in [2.45, 2.75) is 58.5 Å². The molecule has 3 nitrogen and oxygen atoms in total. The maximum absolute atomic E-state index is 10.6. The zero-order valence-electron chi connectivity index (χ0n) is 11.1. The van der Waals surface area contributed by atoms with Crippen LogP contribution in [0.5, 0.6) is 0 Å². The fourth-order valence-corrected chi connectivity index (χ4v) is 2.02. The monoisotopic (exact) mass is 263 g/mol. The first-order valence-corrected chi connectivity index (χ1v) is 7.04. The van der Waals surface area contributed by atoms with Crippen molar-refractivity contribution in [1.82, 2.24) is 0 Å². The smallest absolute Gasteiger partial charge is 0.224 e. The van der Waals surface area contributed by atoms with E-state index in [0.29, 0.717) is 12.6 Å². The Morgan fingerprint density at radius 2 is 2.24 bits per heavy atom. The van der Waals surface area contributed by atoms with Gasteiger partial charge >= 0.3 is 0 Å². The SMILES string of the molecule is CCCCC(CC)C(=O)Cl.NCC1CCCO1. The van der Waals surface area contributed by atoms with Gasteiger partial charge in [-0.05, 0) is 37.3 Å². The lowest BCUT2D eigenvalue weighted by Crippen LogP contribution is -2.17. The Morgan fingerprint density at radius 3 is 2.53 bits per heavy atom. The maximum atomic E-state index is 10.6. The summed E-state index contributed by atoms with van der Waals surface area (Å²) in [5, 5.41) is -0.170. The minimum Gasteiger partial charge on any atom is -0.377 e. The van der Waals surface area contributed by atoms with E-state index in [0.717, 1.165) is 38.7 Å². The normalized spacial score (nSPS) is 20.6. The van der Waals surface area contributed by atoms with Gasteiger partial charge in [0.2, 0.25) is 5.24 Å². The van der Waals surface area contributed by atoms with Gasteiger partial charge in [-0.1, -0.05) is 26.7 Å². The van der Waals surface area contributed by atoms with Crippen molar-refractivity contribution in [3.63, 3.8) is 0 Å². The Kier molecular flexibility index (Phi) is 10.9. The number of ether oxygens (including phenoxy) is 1. The van der Waals surface area contributed by atoms with E-state index in [-0.39, 0.29) is 11.2 Å². The van der Waals surface area contributed by atoms with Gasteiger partial charge in [0.15, 0.2) is 0 Å². The van der Waals surface area contributed by atoms with Gasteiger partial charge < -0.3 is 10.5 Å². The summed E-state index contributed by atoms with van der Waals surface area (Å²) in [6, 6.07) is 0. The molecule has 0 aliphatic carbocycles. The van der Waals surface area contributed by atoms with Gasteiger partial charge in [-0.25, -0.2) is 0 Å². The molecule has 0 spiro atoms. The highest BCUT2D eigenvalue weighted by molar-refractivity contribution is 6.63. The molecule has 1 aliphatic heterocycles. The summed E-state index contributed by atoms with van der Waals surface area (Å²) in [7, 11) is 0. The van der Waals surface area contributed by atoms with Crippen molar-refractivity contribution < 1.29 is 9.53 Å². The maximum Gasteiger partial charge on any atom is 0.224 e. The van der Waals surface area contributed by atoms with Crippen LogP contribution >= 0.6 is 11.6 Å². The molecule has 0 radical (unpaired) electrons. The van der Waals surface area contributed by atoms with Crippen LogP contribution < -0.4 is 5.73 Å². The van der Waals surface area contributed by atoms with Crippen LogP contribution in [0.4, 0.5) is 0 Å². The third-order valence-electron chi connectivity index (χ3n) is 3.01. The van der Waals surface area contributed by atoms with Gasteiger partial charge in [0, 0.05) is 19.1 Å². The predicted molar refractivity (Wildman–Crippen MR) is 72.2 cm³/mol. The van der Waals surface area contributed by atoms with Crippen LogP contribution in [0.3, 0.4) is 0 Å². The van der Waals surface area contributed by atoms with E-state index in [1.807, 2.05) is 6.92 Å². The van der Waals surface area contributed by atoms with Crippen molar-refractivity contribution in [3.05, 3.63) is 0 Å². The molecule has 0 bridgehead atoms. The minimum atomic E-state index is -0.170. The average molecular weight is 264 g/mol. The molecule has 17 heavy (non-hydrogen) atoms. The second-order valence-electron chi connectivity index (χ2n) is 4.42. The van der Waals surface area contributed by atoms with Crippen molar-refractivity contribution in [1.29, 1.82) is 0 Å². The van der Waals surface area contributed by atoms with Crippen LogP contribution in [-0.4, -0.2) is 24.5 Å². The molecule has 0 aromatic rings. The second kappa shape index (κ2) is 11.0. The van der Waals surface area contributed by atoms with Crippen LogP contribution in [0.25, 0.3) is 0 Å². The van der Waals surface area contributed by atoms with Crippen LogP contribution in [-0.2, 0) is 9.53 Å². The quantitative estimate of drug-likeness (QED) is 0.750. The van der Waals surface area contributed by atoms with E-state index < -0.39 is 0 Å². The highest BCUT2D eigenvalue weighted by Crippen LogP contribution is 2.14. The molecule has 1 heterocycles. The molecule has 1 fully saturated rings. The molecule has 1 aliphatic rings. The van der Waals surface area contributed by atoms with Crippen molar-refractivity contribution >= 4 is 16.8 Å². The molecule has 0 aromatic carbocycles. The standard InChI is InChI=1S/C8H15ClO.C5H11NO/c1-3-5-6-7(4-2)8(9)10;6-4-5-2-1-3-7-5/h7H,3-6H2,1-2H3;5H,1-4,6H2. The Hall–Kier alpha value is -0.120. The molecular weight excluding hydrogens is 238 g/mol. The van der Waals surface area contributed by atoms with Gasteiger partial charge in [0.1, 0.15) is 0 Å². The molecule has 102 valence electrons. The molecular formula is C13H26ClNO2. The van der Waals surface area contributed by atoms with E-state index in [9.17, 15) is 4.79 Å². The van der Waals surface area contributed by atoms with Crippen LogP contribution in [0.15, 0.2) is 0 Å². The van der Waals surface area contributed by atoms with E-state index in [1.165, 1.54) is 6.42 Å². The van der Waals surface area contributed by atoms with Gasteiger partial charge in [0.25, 0.3) is 0 Å². The average Bonchev–Trinajstić information content (AvgIpc) is 2.83. The molecule has 2 N–H and O–H groups in total. The summed E-state index contributed by atoms with van der Waals surface area (Å²) in [6.45, 7) is 5.73. The summed E-state index contributed by atoms with van der Waals surface area (Å²) in [6.07, 6.45) is 6.81. The van der Waals surface area contributed by atoms with Gasteiger partial charge in [-0.15, -0.1) is 0 Å². The van der Waals surface area contributed by atoms with Gasteiger partial charge in [0.05, 0.1) is 6.10 Å². The molecule has 1 saturated heterocycles. The summed E-state index contributed by atoms with van der Waals surface area (Å²) in [5.41, 5.74) is 5.31. The molecule has 4 heteroatoms. The molecule has 0 amide bonds. The predicted octanol–water partition coefficient (Wildman–Crippen LogP) is 3.09. The van der Waals surface area contributed by atoms with E-state index >= 15 is 0 Å². The molecule has 2 atom stereocenters. The summed E-state index contributed by atoms with van der Waals surface area (Å²) < 4.78 is 5.18. The largest absolute Gasteiger partial charge is 0.377 e. The number of unbranched alkanes of at least 4 members (excludes halogenated alkanes) is 1. The molecule has 1 rings (SSSR count). The first-order chi connectivity index (χ1) is 8.15. The highest BCUT2D eigenvalue weighted by atomic mass is 35.5. The van der Waals surface area contributed by atoms with E-state index in [1.54, 1.807) is 0 Å². The van der Waals surface area contributed by atoms with Gasteiger partial charge in [-0.2, -0.15) is 0 Å².